The van der Waals surface area contributed by atoms with Crippen LogP contribution in [-0.4, -0.2) is 27.5 Å². The largest absolute Gasteiger partial charge is 0.484 e. The predicted octanol–water partition coefficient (Wildman–Crippen LogP) is 0.793. The van der Waals surface area contributed by atoms with Crippen molar-refractivity contribution in [3.05, 3.63) is 23.8 Å². The van der Waals surface area contributed by atoms with Crippen LogP contribution in [0.3, 0.4) is 0 Å². The Morgan fingerprint density at radius 1 is 1.40 bits per heavy atom. The second-order valence-corrected chi connectivity index (χ2v) is 6.52. The molecule has 0 aliphatic rings. The first-order valence-electron chi connectivity index (χ1n) is 6.23. The number of carbonyl (C=O) groups excluding carboxylic acids is 1. The van der Waals surface area contributed by atoms with Crippen LogP contribution in [0.15, 0.2) is 23.1 Å². The van der Waals surface area contributed by atoms with Gasteiger partial charge >= 0.3 is 0 Å². The number of sulfonamides is 1. The van der Waals surface area contributed by atoms with Crippen molar-refractivity contribution < 1.29 is 17.9 Å². The van der Waals surface area contributed by atoms with Crippen LogP contribution >= 0.6 is 0 Å². The number of nitrogens with two attached hydrogens (primary N) is 1. The monoisotopic (exact) mass is 300 g/mol. The van der Waals surface area contributed by atoms with Gasteiger partial charge in [-0.05, 0) is 36.6 Å². The molecule has 0 aromatic heterocycles. The molecule has 112 valence electrons. The number of amides is 1. The van der Waals surface area contributed by atoms with Crippen LogP contribution in [0.1, 0.15) is 19.4 Å². The number of rotatable bonds is 6. The molecule has 1 aromatic rings. The Kier molecular flexibility index (Phi) is 5.52. The molecule has 0 heterocycles. The van der Waals surface area contributed by atoms with Crippen molar-refractivity contribution in [3.63, 3.8) is 0 Å². The maximum Gasteiger partial charge on any atom is 0.257 e. The molecule has 0 atom stereocenters. The summed E-state index contributed by atoms with van der Waals surface area (Å²) in [5.41, 5.74) is 0.605. The molecule has 0 spiro atoms. The van der Waals surface area contributed by atoms with Gasteiger partial charge < -0.3 is 10.1 Å². The van der Waals surface area contributed by atoms with Gasteiger partial charge in [0.05, 0.1) is 4.90 Å². The van der Waals surface area contributed by atoms with Crippen LogP contribution in [0.4, 0.5) is 0 Å². The number of primary sulfonamides is 1. The average Bonchev–Trinajstić information content (AvgIpc) is 2.33. The van der Waals surface area contributed by atoms with Crippen molar-refractivity contribution in [2.75, 3.05) is 13.2 Å². The summed E-state index contributed by atoms with van der Waals surface area (Å²) in [6.45, 7) is 6.17. The number of carbonyl (C=O) groups is 1. The lowest BCUT2D eigenvalue weighted by atomic mass is 10.2. The lowest BCUT2D eigenvalue weighted by molar-refractivity contribution is -0.123. The highest BCUT2D eigenvalue weighted by Crippen LogP contribution is 2.20. The van der Waals surface area contributed by atoms with Crippen molar-refractivity contribution in [2.24, 2.45) is 11.1 Å². The summed E-state index contributed by atoms with van der Waals surface area (Å²) in [6.07, 6.45) is 0. The zero-order chi connectivity index (χ0) is 15.3. The van der Waals surface area contributed by atoms with E-state index in [2.05, 4.69) is 5.32 Å². The SMILES string of the molecule is Cc1cc(S(N)(=O)=O)ccc1OCC(=O)NCC(C)C. The molecule has 0 radical (unpaired) electrons. The Labute approximate surface area is 119 Å². The van der Waals surface area contributed by atoms with Crippen molar-refractivity contribution in [1.82, 2.24) is 5.32 Å². The Bertz CT molecular complexity index is 582. The summed E-state index contributed by atoms with van der Waals surface area (Å²) in [5, 5.41) is 7.76. The van der Waals surface area contributed by atoms with E-state index in [1.54, 1.807) is 6.92 Å². The van der Waals surface area contributed by atoms with E-state index >= 15 is 0 Å². The minimum absolute atomic E-state index is 0.0200. The van der Waals surface area contributed by atoms with E-state index < -0.39 is 10.0 Å². The fourth-order valence-corrected chi connectivity index (χ4v) is 2.07. The highest BCUT2D eigenvalue weighted by Gasteiger charge is 2.11. The quantitative estimate of drug-likeness (QED) is 0.811. The number of nitrogens with one attached hydrogen (secondary N) is 1. The van der Waals surface area contributed by atoms with E-state index in [4.69, 9.17) is 9.88 Å². The van der Waals surface area contributed by atoms with Crippen molar-refractivity contribution in [1.29, 1.82) is 0 Å². The Morgan fingerprint density at radius 3 is 2.55 bits per heavy atom. The molecule has 3 N–H and O–H groups in total. The Morgan fingerprint density at radius 2 is 2.05 bits per heavy atom. The van der Waals surface area contributed by atoms with Gasteiger partial charge in [0.1, 0.15) is 5.75 Å². The second kappa shape index (κ2) is 6.71. The molecule has 0 saturated carbocycles. The molecule has 0 aliphatic heterocycles. The fourth-order valence-electron chi connectivity index (χ4n) is 1.47. The molecule has 6 nitrogen and oxygen atoms in total. The third-order valence-electron chi connectivity index (χ3n) is 2.54. The van der Waals surface area contributed by atoms with Crippen molar-refractivity contribution >= 4 is 15.9 Å². The van der Waals surface area contributed by atoms with Gasteiger partial charge in [0.2, 0.25) is 10.0 Å². The first kappa shape index (κ1) is 16.5. The first-order chi connectivity index (χ1) is 9.20. The minimum Gasteiger partial charge on any atom is -0.484 e. The van der Waals surface area contributed by atoms with E-state index in [1.165, 1.54) is 18.2 Å². The minimum atomic E-state index is -3.73. The zero-order valence-corrected chi connectivity index (χ0v) is 12.7. The lowest BCUT2D eigenvalue weighted by Gasteiger charge is -2.11. The molecule has 0 saturated heterocycles. The molecule has 1 aromatic carbocycles. The van der Waals surface area contributed by atoms with Crippen LogP contribution in [-0.2, 0) is 14.8 Å². The fraction of sp³-hybridized carbons (Fsp3) is 0.462. The van der Waals surface area contributed by atoms with Crippen LogP contribution in [0.2, 0.25) is 0 Å². The smallest absolute Gasteiger partial charge is 0.257 e. The van der Waals surface area contributed by atoms with E-state index in [0.29, 0.717) is 23.8 Å². The number of hydrogen-bond acceptors (Lipinski definition) is 4. The van der Waals surface area contributed by atoms with E-state index in [0.717, 1.165) is 0 Å². The third kappa shape index (κ3) is 5.18. The summed E-state index contributed by atoms with van der Waals surface area (Å²) in [5.74, 6) is 0.612. The van der Waals surface area contributed by atoms with Gasteiger partial charge in [-0.15, -0.1) is 0 Å². The van der Waals surface area contributed by atoms with Gasteiger partial charge in [0.25, 0.3) is 5.91 Å². The van der Waals surface area contributed by atoms with E-state index in [9.17, 15) is 13.2 Å². The molecule has 0 fully saturated rings. The molecule has 1 amide bonds. The third-order valence-corrected chi connectivity index (χ3v) is 3.45. The predicted molar refractivity (Wildman–Crippen MR) is 75.9 cm³/mol. The Balaban J connectivity index is 2.64. The summed E-state index contributed by atoms with van der Waals surface area (Å²) in [7, 11) is -3.73. The van der Waals surface area contributed by atoms with Crippen LogP contribution in [0.25, 0.3) is 0 Å². The van der Waals surface area contributed by atoms with Crippen molar-refractivity contribution in [2.45, 2.75) is 25.7 Å². The Hall–Kier alpha value is -1.60. The van der Waals surface area contributed by atoms with E-state index in [-0.39, 0.29) is 17.4 Å². The highest BCUT2D eigenvalue weighted by molar-refractivity contribution is 7.89. The summed E-state index contributed by atoms with van der Waals surface area (Å²) >= 11 is 0. The molecule has 0 unspecified atom stereocenters. The number of hydrogen-bond donors (Lipinski definition) is 2. The molecule has 0 aliphatic carbocycles. The van der Waals surface area contributed by atoms with Gasteiger partial charge in [-0.3, -0.25) is 4.79 Å². The molecular formula is C13H20N2O4S. The molecule has 1 rings (SSSR count). The second-order valence-electron chi connectivity index (χ2n) is 4.96. The van der Waals surface area contributed by atoms with Gasteiger partial charge in [-0.2, -0.15) is 0 Å². The van der Waals surface area contributed by atoms with Crippen molar-refractivity contribution in [3.8, 4) is 5.75 Å². The molecule has 20 heavy (non-hydrogen) atoms. The highest BCUT2D eigenvalue weighted by atomic mass is 32.2. The normalized spacial score (nSPS) is 11.4. The van der Waals surface area contributed by atoms with Gasteiger partial charge in [0, 0.05) is 6.54 Å². The van der Waals surface area contributed by atoms with Crippen LogP contribution < -0.4 is 15.2 Å². The van der Waals surface area contributed by atoms with Crippen LogP contribution in [0, 0.1) is 12.8 Å². The lowest BCUT2D eigenvalue weighted by Crippen LogP contribution is -2.31. The number of benzene rings is 1. The van der Waals surface area contributed by atoms with Gasteiger partial charge in [0.15, 0.2) is 6.61 Å². The van der Waals surface area contributed by atoms with Crippen LogP contribution in [0.5, 0.6) is 5.75 Å². The molecular weight excluding hydrogens is 280 g/mol. The van der Waals surface area contributed by atoms with E-state index in [1.807, 2.05) is 13.8 Å². The maximum absolute atomic E-state index is 11.5. The molecule has 0 bridgehead atoms. The summed E-state index contributed by atoms with van der Waals surface area (Å²) in [4.78, 5) is 11.5. The van der Waals surface area contributed by atoms with Gasteiger partial charge in [-0.1, -0.05) is 13.8 Å². The number of ether oxygens (including phenoxy) is 1. The topological polar surface area (TPSA) is 98.5 Å². The standard InChI is InChI=1S/C13H20N2O4S/c1-9(2)7-15-13(16)8-19-12-5-4-11(6-10(12)3)20(14,17)18/h4-6,9H,7-8H2,1-3H3,(H,15,16)(H2,14,17,18). The van der Waals surface area contributed by atoms with Gasteiger partial charge in [-0.25, -0.2) is 13.6 Å². The number of aryl methyl sites for hydroxylation is 1. The molecule has 7 heteroatoms. The average molecular weight is 300 g/mol. The maximum atomic E-state index is 11.5. The first-order valence-corrected chi connectivity index (χ1v) is 7.77. The summed E-state index contributed by atoms with van der Waals surface area (Å²) in [6, 6.07) is 4.26. The summed E-state index contributed by atoms with van der Waals surface area (Å²) < 4.78 is 27.7. The zero-order valence-electron chi connectivity index (χ0n) is 11.8.